The van der Waals surface area contributed by atoms with Gasteiger partial charge in [-0.3, -0.25) is 14.4 Å². The predicted octanol–water partition coefficient (Wildman–Crippen LogP) is 2.61. The summed E-state index contributed by atoms with van der Waals surface area (Å²) in [7, 11) is 0. The Balaban J connectivity index is 1.97. The zero-order valence-electron chi connectivity index (χ0n) is 13.5. The zero-order valence-corrected chi connectivity index (χ0v) is 13.5. The number of benzene rings is 2. The molecule has 0 unspecified atom stereocenters. The number of aromatic nitrogens is 1. The SMILES string of the molecule is O=C(O)C[C@@H](NC(=O)c1cc(=O)[nH]c2ccccc12)c1ccc(F)cc1. The second-order valence-electron chi connectivity index (χ2n) is 5.77. The Labute approximate surface area is 147 Å². The standard InChI is InChI=1S/C19H15FN2O4/c20-12-7-5-11(6-8-12)16(10-18(24)25)22-19(26)14-9-17(23)21-15-4-2-1-3-13(14)15/h1-9,16H,10H2,(H,21,23)(H,22,26)(H,24,25)/t16-/m1/s1. The van der Waals surface area contributed by atoms with Gasteiger partial charge in [-0.05, 0) is 23.8 Å². The number of aliphatic carboxylic acids is 1. The number of rotatable bonds is 5. The first-order valence-corrected chi connectivity index (χ1v) is 7.84. The highest BCUT2D eigenvalue weighted by Crippen LogP contribution is 2.20. The minimum Gasteiger partial charge on any atom is -0.481 e. The van der Waals surface area contributed by atoms with Crippen molar-refractivity contribution in [2.45, 2.75) is 12.5 Å². The van der Waals surface area contributed by atoms with Gasteiger partial charge in [0.1, 0.15) is 5.82 Å². The van der Waals surface area contributed by atoms with Crippen molar-refractivity contribution in [1.82, 2.24) is 10.3 Å². The number of amides is 1. The van der Waals surface area contributed by atoms with Gasteiger partial charge in [-0.25, -0.2) is 4.39 Å². The van der Waals surface area contributed by atoms with Gasteiger partial charge in [0.2, 0.25) is 5.56 Å². The van der Waals surface area contributed by atoms with Gasteiger partial charge >= 0.3 is 5.97 Å². The van der Waals surface area contributed by atoms with Crippen LogP contribution in [-0.4, -0.2) is 22.0 Å². The number of aromatic amines is 1. The third kappa shape index (κ3) is 3.77. The summed E-state index contributed by atoms with van der Waals surface area (Å²) in [5, 5.41) is 12.3. The molecule has 1 atom stereocenters. The fraction of sp³-hybridized carbons (Fsp3) is 0.105. The van der Waals surface area contributed by atoms with Gasteiger partial charge in [0, 0.05) is 17.0 Å². The van der Waals surface area contributed by atoms with Crippen LogP contribution in [0.1, 0.15) is 28.4 Å². The summed E-state index contributed by atoms with van der Waals surface area (Å²) in [6.45, 7) is 0. The number of para-hydroxylation sites is 1. The van der Waals surface area contributed by atoms with Crippen molar-refractivity contribution in [2.24, 2.45) is 0 Å². The highest BCUT2D eigenvalue weighted by molar-refractivity contribution is 6.06. The molecule has 0 aliphatic rings. The number of carboxylic acid groups (broad SMARTS) is 1. The monoisotopic (exact) mass is 354 g/mol. The van der Waals surface area contributed by atoms with Crippen molar-refractivity contribution >= 4 is 22.8 Å². The molecule has 132 valence electrons. The Morgan fingerprint density at radius 2 is 1.81 bits per heavy atom. The molecule has 0 aliphatic heterocycles. The Morgan fingerprint density at radius 3 is 2.50 bits per heavy atom. The van der Waals surface area contributed by atoms with E-state index in [-0.39, 0.29) is 12.0 Å². The first kappa shape index (κ1) is 17.3. The first-order chi connectivity index (χ1) is 12.4. The summed E-state index contributed by atoms with van der Waals surface area (Å²) in [4.78, 5) is 38.3. The van der Waals surface area contributed by atoms with Gasteiger partial charge in [-0.15, -0.1) is 0 Å². The Hall–Kier alpha value is -3.48. The second kappa shape index (κ2) is 7.18. The normalized spacial score (nSPS) is 11.9. The molecule has 1 aromatic heterocycles. The average Bonchev–Trinajstić information content (AvgIpc) is 2.60. The van der Waals surface area contributed by atoms with Crippen LogP contribution in [-0.2, 0) is 4.79 Å². The second-order valence-corrected chi connectivity index (χ2v) is 5.77. The lowest BCUT2D eigenvalue weighted by Gasteiger charge is -2.18. The molecular formula is C19H15FN2O4. The number of hydrogen-bond donors (Lipinski definition) is 3. The van der Waals surface area contributed by atoms with E-state index in [1.54, 1.807) is 24.3 Å². The van der Waals surface area contributed by atoms with Crippen molar-refractivity contribution in [1.29, 1.82) is 0 Å². The fourth-order valence-corrected chi connectivity index (χ4v) is 2.75. The van der Waals surface area contributed by atoms with E-state index < -0.39 is 29.3 Å². The molecule has 0 saturated carbocycles. The average molecular weight is 354 g/mol. The minimum atomic E-state index is -1.12. The lowest BCUT2D eigenvalue weighted by Crippen LogP contribution is -2.31. The van der Waals surface area contributed by atoms with Crippen LogP contribution in [0.4, 0.5) is 4.39 Å². The van der Waals surface area contributed by atoms with Crippen molar-refractivity contribution in [3.05, 3.63) is 81.9 Å². The third-order valence-corrected chi connectivity index (χ3v) is 3.95. The summed E-state index contributed by atoms with van der Waals surface area (Å²) in [6, 6.07) is 12.3. The minimum absolute atomic E-state index is 0.141. The molecule has 0 spiro atoms. The first-order valence-electron chi connectivity index (χ1n) is 7.84. The van der Waals surface area contributed by atoms with Crippen LogP contribution in [0.15, 0.2) is 59.4 Å². The van der Waals surface area contributed by atoms with Crippen LogP contribution in [0.3, 0.4) is 0 Å². The molecular weight excluding hydrogens is 339 g/mol. The number of hydrogen-bond acceptors (Lipinski definition) is 3. The topological polar surface area (TPSA) is 99.3 Å². The molecule has 26 heavy (non-hydrogen) atoms. The predicted molar refractivity (Wildman–Crippen MR) is 93.4 cm³/mol. The van der Waals surface area contributed by atoms with Crippen LogP contribution in [0.5, 0.6) is 0 Å². The van der Waals surface area contributed by atoms with Gasteiger partial charge in [-0.2, -0.15) is 0 Å². The van der Waals surface area contributed by atoms with Crippen molar-refractivity contribution in [3.63, 3.8) is 0 Å². The van der Waals surface area contributed by atoms with Crippen molar-refractivity contribution in [2.75, 3.05) is 0 Å². The zero-order chi connectivity index (χ0) is 18.7. The van der Waals surface area contributed by atoms with E-state index in [0.717, 1.165) is 0 Å². The summed E-state index contributed by atoms with van der Waals surface area (Å²) >= 11 is 0. The van der Waals surface area contributed by atoms with Crippen LogP contribution >= 0.6 is 0 Å². The lowest BCUT2D eigenvalue weighted by molar-refractivity contribution is -0.137. The van der Waals surface area contributed by atoms with Gasteiger partial charge in [0.25, 0.3) is 5.91 Å². The molecule has 0 aliphatic carbocycles. The Bertz CT molecular complexity index is 1030. The quantitative estimate of drug-likeness (QED) is 0.656. The van der Waals surface area contributed by atoms with E-state index in [0.29, 0.717) is 16.5 Å². The number of carbonyl (C=O) groups is 2. The lowest BCUT2D eigenvalue weighted by atomic mass is 10.0. The molecule has 2 aromatic carbocycles. The molecule has 1 amide bonds. The van der Waals surface area contributed by atoms with Crippen LogP contribution in [0.2, 0.25) is 0 Å². The van der Waals surface area contributed by atoms with E-state index in [4.69, 9.17) is 5.11 Å². The Morgan fingerprint density at radius 1 is 1.12 bits per heavy atom. The molecule has 6 nitrogen and oxygen atoms in total. The van der Waals surface area contributed by atoms with Crippen LogP contribution in [0.25, 0.3) is 10.9 Å². The molecule has 0 saturated heterocycles. The van der Waals surface area contributed by atoms with E-state index in [9.17, 15) is 18.8 Å². The van der Waals surface area contributed by atoms with Crippen molar-refractivity contribution in [3.8, 4) is 0 Å². The van der Waals surface area contributed by atoms with Crippen molar-refractivity contribution < 1.29 is 19.1 Å². The molecule has 0 fully saturated rings. The molecule has 1 heterocycles. The van der Waals surface area contributed by atoms with Crippen LogP contribution < -0.4 is 10.9 Å². The maximum Gasteiger partial charge on any atom is 0.305 e. The number of carboxylic acids is 1. The summed E-state index contributed by atoms with van der Waals surface area (Å²) in [6.07, 6.45) is -0.376. The number of pyridine rings is 1. The van der Waals surface area contributed by atoms with Gasteiger partial charge < -0.3 is 15.4 Å². The third-order valence-electron chi connectivity index (χ3n) is 3.95. The smallest absolute Gasteiger partial charge is 0.305 e. The van der Waals surface area contributed by atoms with Gasteiger partial charge in [-0.1, -0.05) is 30.3 Å². The van der Waals surface area contributed by atoms with Crippen LogP contribution in [0, 0.1) is 5.82 Å². The number of nitrogens with one attached hydrogen (secondary N) is 2. The van der Waals surface area contributed by atoms with E-state index in [1.807, 2.05) is 0 Å². The maximum atomic E-state index is 13.1. The van der Waals surface area contributed by atoms with E-state index >= 15 is 0 Å². The highest BCUT2D eigenvalue weighted by atomic mass is 19.1. The Kier molecular flexibility index (Phi) is 4.79. The summed E-state index contributed by atoms with van der Waals surface area (Å²) in [5.41, 5.74) is 0.658. The number of halogens is 1. The number of fused-ring (bicyclic) bond motifs is 1. The molecule has 3 N–H and O–H groups in total. The largest absolute Gasteiger partial charge is 0.481 e. The summed E-state index contributed by atoms with van der Waals surface area (Å²) < 4.78 is 13.1. The highest BCUT2D eigenvalue weighted by Gasteiger charge is 2.20. The number of carbonyl (C=O) groups excluding carboxylic acids is 1. The molecule has 0 bridgehead atoms. The molecule has 0 radical (unpaired) electrons. The van der Waals surface area contributed by atoms with Gasteiger partial charge in [0.15, 0.2) is 0 Å². The van der Waals surface area contributed by atoms with Gasteiger partial charge in [0.05, 0.1) is 18.0 Å². The van der Waals surface area contributed by atoms with E-state index in [2.05, 4.69) is 10.3 Å². The maximum absolute atomic E-state index is 13.1. The van der Waals surface area contributed by atoms with E-state index in [1.165, 1.54) is 30.3 Å². The fourth-order valence-electron chi connectivity index (χ4n) is 2.75. The molecule has 3 aromatic rings. The molecule has 3 rings (SSSR count). The molecule has 7 heteroatoms. The number of H-pyrrole nitrogens is 1. The summed E-state index contributed by atoms with van der Waals surface area (Å²) in [5.74, 6) is -2.16.